The molecule has 2 fully saturated rings. The molecule has 2 aliphatic rings. The highest BCUT2D eigenvalue weighted by Crippen LogP contribution is 2.40. The zero-order valence-electron chi connectivity index (χ0n) is 42.3. The number of benzene rings is 2. The normalized spacial score (nSPS) is 22.2. The number of aliphatic hydroxyl groups is 6. The van der Waals surface area contributed by atoms with Gasteiger partial charge in [-0.15, -0.1) is 20.2 Å². The van der Waals surface area contributed by atoms with E-state index >= 15 is 0 Å². The first-order valence-corrected chi connectivity index (χ1v) is 27.2. The van der Waals surface area contributed by atoms with Crippen LogP contribution in [0.25, 0.3) is 0 Å². The van der Waals surface area contributed by atoms with Crippen LogP contribution in [0, 0.1) is 43.9 Å². The second kappa shape index (κ2) is 39.9. The molecule has 0 aromatic heterocycles. The fourth-order valence-electron chi connectivity index (χ4n) is 9.24. The number of aryl methyl sites for hydroxylation is 2. The molecule has 412 valence electrons. The molecule has 4 rings (SSSR count). The largest absolute Gasteiger partial charge is 0.481 e. The Morgan fingerprint density at radius 3 is 1.42 bits per heavy atom. The van der Waals surface area contributed by atoms with Crippen molar-refractivity contribution in [1.29, 1.82) is 0 Å². The Labute approximate surface area is 439 Å². The lowest BCUT2D eigenvalue weighted by Crippen LogP contribution is -2.23. The first kappa shape index (κ1) is 64.6. The van der Waals surface area contributed by atoms with Crippen molar-refractivity contribution in [2.75, 3.05) is 25.2 Å². The number of aliphatic hydroxyl groups excluding tert-OH is 6. The van der Waals surface area contributed by atoms with E-state index in [2.05, 4.69) is 49.9 Å². The summed E-state index contributed by atoms with van der Waals surface area (Å²) in [5.74, 6) is -1.17. The minimum atomic E-state index is -0.839. The van der Waals surface area contributed by atoms with Gasteiger partial charge < -0.3 is 50.2 Å². The van der Waals surface area contributed by atoms with E-state index in [-0.39, 0.29) is 55.9 Å². The molecule has 18 nitrogen and oxygen atoms in total. The van der Waals surface area contributed by atoms with E-state index in [1.165, 1.54) is 11.1 Å². The smallest absolute Gasteiger partial charge is 0.305 e. The van der Waals surface area contributed by atoms with Crippen molar-refractivity contribution in [2.45, 2.75) is 178 Å². The quantitative estimate of drug-likeness (QED) is 0.00851. The minimum Gasteiger partial charge on any atom is -0.481 e. The number of halogens is 1. The summed E-state index contributed by atoms with van der Waals surface area (Å²) in [4.78, 5) is 50.0. The summed E-state index contributed by atoms with van der Waals surface area (Å²) in [7, 11) is 0. The number of alkyl halides is 1. The number of carbonyl (C=O) groups excluding carboxylic acids is 1. The molecule has 73 heavy (non-hydrogen) atoms. The van der Waals surface area contributed by atoms with E-state index in [1.807, 2.05) is 60.7 Å². The van der Waals surface area contributed by atoms with Crippen LogP contribution in [0.5, 0.6) is 0 Å². The summed E-state index contributed by atoms with van der Waals surface area (Å²) in [5.41, 5.74) is 2.41. The van der Waals surface area contributed by atoms with Crippen LogP contribution in [-0.4, -0.2) is 120 Å². The zero-order chi connectivity index (χ0) is 53.6. The number of esters is 1. The van der Waals surface area contributed by atoms with Crippen molar-refractivity contribution in [3.8, 4) is 0 Å². The maximum Gasteiger partial charge on any atom is 0.305 e. The van der Waals surface area contributed by atoms with Gasteiger partial charge in [0.05, 0.1) is 56.4 Å². The van der Waals surface area contributed by atoms with E-state index in [0.29, 0.717) is 109 Å². The molecule has 0 unspecified atom stereocenters. The van der Waals surface area contributed by atoms with Crippen molar-refractivity contribution >= 4 is 27.9 Å². The Morgan fingerprint density at radius 1 is 0.589 bits per heavy atom. The topological polar surface area (TPSA) is 290 Å². The molecule has 0 heterocycles. The number of rotatable bonds is 35. The van der Waals surface area contributed by atoms with Crippen LogP contribution >= 0.6 is 15.9 Å². The predicted octanol–water partition coefficient (Wildman–Crippen LogP) is 8.46. The van der Waals surface area contributed by atoms with Gasteiger partial charge in [0.2, 0.25) is 0 Å². The molecule has 0 amide bonds. The predicted molar refractivity (Wildman–Crippen MR) is 279 cm³/mol. The Morgan fingerprint density at radius 2 is 1.00 bits per heavy atom. The van der Waals surface area contributed by atoms with Crippen LogP contribution in [0.3, 0.4) is 0 Å². The third-order valence-corrected chi connectivity index (χ3v) is 13.9. The van der Waals surface area contributed by atoms with Gasteiger partial charge >= 0.3 is 11.9 Å². The molecule has 0 spiro atoms. The zero-order valence-corrected chi connectivity index (χ0v) is 43.9. The van der Waals surface area contributed by atoms with Crippen LogP contribution in [0.4, 0.5) is 0 Å². The molecular weight excluding hydrogens is 1010 g/mol. The molecule has 2 aromatic rings. The lowest BCUT2D eigenvalue weighted by atomic mass is 9.85. The van der Waals surface area contributed by atoms with Gasteiger partial charge in [0.1, 0.15) is 0 Å². The molecule has 10 atom stereocenters. The number of unbranched alkanes of at least 4 members (excludes halogenated alkanes) is 4. The third kappa shape index (κ3) is 31.1. The van der Waals surface area contributed by atoms with Crippen LogP contribution in [0.2, 0.25) is 0 Å². The summed E-state index contributed by atoms with van der Waals surface area (Å²) in [6, 6.07) is 20.2. The number of carboxylic acid groups (broad SMARTS) is 1. The summed E-state index contributed by atoms with van der Waals surface area (Å²) in [5, 5.41) is 89.7. The first-order chi connectivity index (χ1) is 35.1. The van der Waals surface area contributed by atoms with Crippen LogP contribution in [0.15, 0.2) is 85.0 Å². The molecule has 2 saturated carbocycles. The highest BCUT2D eigenvalue weighted by atomic mass is 79.9. The Balaban J connectivity index is 0.000000436. The third-order valence-electron chi connectivity index (χ3n) is 13.3. The number of allylic oxidation sites excluding steroid dienone is 4. The molecule has 2 aromatic carbocycles. The van der Waals surface area contributed by atoms with Crippen LogP contribution in [0.1, 0.15) is 140 Å². The van der Waals surface area contributed by atoms with E-state index in [0.717, 1.165) is 31.0 Å². The molecule has 0 bridgehead atoms. The Bertz CT molecular complexity index is 1830. The molecule has 7 N–H and O–H groups in total. The number of aliphatic carboxylic acids is 1. The van der Waals surface area contributed by atoms with Gasteiger partial charge in [0, 0.05) is 18.2 Å². The molecule has 2 aliphatic carbocycles. The lowest BCUT2D eigenvalue weighted by molar-refractivity contribution is -0.757. The molecule has 0 radical (unpaired) electrons. The van der Waals surface area contributed by atoms with Crippen molar-refractivity contribution in [3.05, 3.63) is 116 Å². The second-order valence-corrected chi connectivity index (χ2v) is 19.7. The van der Waals surface area contributed by atoms with E-state index < -0.39 is 52.8 Å². The lowest BCUT2D eigenvalue weighted by Gasteiger charge is -2.23. The Hall–Kier alpha value is -4.50. The monoisotopic (exact) mass is 1090 g/mol. The summed E-state index contributed by atoms with van der Waals surface area (Å²) in [6.45, 7) is 0.427. The first-order valence-electron chi connectivity index (χ1n) is 26.0. The highest BCUT2D eigenvalue weighted by molar-refractivity contribution is 9.09. The van der Waals surface area contributed by atoms with Gasteiger partial charge in [0.15, 0.2) is 0 Å². The highest BCUT2D eigenvalue weighted by Gasteiger charge is 2.41. The van der Waals surface area contributed by atoms with Gasteiger partial charge in [-0.05, 0) is 163 Å². The second-order valence-electron chi connectivity index (χ2n) is 18.9. The number of carboxylic acids is 1. The molecule has 19 heteroatoms. The van der Waals surface area contributed by atoms with E-state index in [1.54, 1.807) is 0 Å². The van der Waals surface area contributed by atoms with Crippen molar-refractivity contribution in [3.63, 3.8) is 0 Å². The number of nitrogens with zero attached hydrogens (tertiary/aromatic N) is 2. The molecular formula is C54H83BrN2O16. The van der Waals surface area contributed by atoms with Gasteiger partial charge in [-0.3, -0.25) is 9.59 Å². The van der Waals surface area contributed by atoms with Crippen LogP contribution < -0.4 is 0 Å². The summed E-state index contributed by atoms with van der Waals surface area (Å²) >= 11 is 3.19. The SMILES string of the molecule is O=C(CCC/C=C\C[C@@H]1[C@@H](CC[C@@H](O)CCc2ccccc2)[C@H](O)C[C@@H]1O)OCCCCO[N+](=O)[O-].O=C(O)CCC/C=C\C[C@@H]1[C@@H](CC[C@@H](O)CCc2ccccc2)[C@H](O)C[C@@H]1O.O=[N+]([O-])OCCCCBr. The number of ether oxygens (including phenoxy) is 1. The van der Waals surface area contributed by atoms with Gasteiger partial charge in [-0.1, -0.05) is 101 Å². The van der Waals surface area contributed by atoms with Gasteiger partial charge in [-0.25, -0.2) is 0 Å². The fraction of sp³-hybridized carbons (Fsp3) is 0.667. The van der Waals surface area contributed by atoms with E-state index in [4.69, 9.17) is 9.84 Å². The van der Waals surface area contributed by atoms with Crippen molar-refractivity contribution in [2.24, 2.45) is 23.7 Å². The number of carbonyl (C=O) groups is 2. The summed E-state index contributed by atoms with van der Waals surface area (Å²) in [6.07, 6.45) is 18.4. The van der Waals surface area contributed by atoms with E-state index in [9.17, 15) is 60.5 Å². The maximum absolute atomic E-state index is 11.7. The maximum atomic E-state index is 11.7. The standard InChI is InChI=1S/C27H41NO8.C23H34O5.C4H8BrNO3/c29-22(15-14-21-10-4-3-5-11-21)16-17-24-23(25(30)20-26(24)31)12-6-1-2-7-13-27(32)35-18-8-9-19-36-28(33)34;24-18(13-12-17-8-4-3-5-9-17)14-15-20-19(21(25)16-22(20)26)10-6-1-2-7-11-23(27)28;5-3-1-2-4-9-6(7)8/h1,3-6,10-11,22-26,29-31H,2,7-9,12-20H2;1,3-6,8-9,18-22,24-26H,2,7,10-16H2,(H,27,28);1-4H2/b2*6-1-;/t22-,23+,24+,25-,26+;18-,19+,20+,21-,22+;/m00./s1. The average molecular weight is 1100 g/mol. The molecule has 0 saturated heterocycles. The van der Waals surface area contributed by atoms with Crippen LogP contribution in [-0.2, 0) is 36.8 Å². The number of hydrogen-bond donors (Lipinski definition) is 7. The minimum absolute atomic E-state index is 0.00222. The number of hydrogen-bond acceptors (Lipinski definition) is 15. The molecule has 0 aliphatic heterocycles. The van der Waals surface area contributed by atoms with Gasteiger partial charge in [-0.2, -0.15) is 0 Å². The van der Waals surface area contributed by atoms with Gasteiger partial charge in [0.25, 0.3) is 10.2 Å². The average Bonchev–Trinajstić information content (AvgIpc) is 3.80. The fourth-order valence-corrected chi connectivity index (χ4v) is 9.64. The van der Waals surface area contributed by atoms with Crippen molar-refractivity contribution < 1.29 is 69.9 Å². The Kier molecular flexibility index (Phi) is 35.3. The van der Waals surface area contributed by atoms with Crippen molar-refractivity contribution in [1.82, 2.24) is 0 Å². The summed E-state index contributed by atoms with van der Waals surface area (Å²) < 4.78 is 5.10.